The molecule has 0 saturated carbocycles. The van der Waals surface area contributed by atoms with Crippen LogP contribution in [0.3, 0.4) is 0 Å². The first-order valence-electron chi connectivity index (χ1n) is 12.8. The largest absolute Gasteiger partial charge is 0.287 e. The summed E-state index contributed by atoms with van der Waals surface area (Å²) in [6.45, 7) is 11.8. The number of fused-ring (bicyclic) bond motifs is 6. The van der Waals surface area contributed by atoms with Crippen LogP contribution in [0.15, 0.2) is 85.2 Å². The van der Waals surface area contributed by atoms with Gasteiger partial charge in [0.1, 0.15) is 11.2 Å². The molecule has 1 aliphatic rings. The summed E-state index contributed by atoms with van der Waals surface area (Å²) >= 11 is 0. The first kappa shape index (κ1) is 22.0. The summed E-state index contributed by atoms with van der Waals surface area (Å²) in [5, 5.41) is 5.11. The first-order chi connectivity index (χ1) is 16.9. The maximum atomic E-state index is 5.17. The van der Waals surface area contributed by atoms with Crippen LogP contribution in [-0.4, -0.2) is 4.98 Å². The van der Waals surface area contributed by atoms with Crippen LogP contribution in [0.5, 0.6) is 0 Å². The molecule has 6 rings (SSSR count). The van der Waals surface area contributed by atoms with Gasteiger partial charge in [-0.15, -0.1) is 0 Å². The molecule has 2 heteroatoms. The molecule has 0 saturated heterocycles. The third kappa shape index (κ3) is 2.95. The van der Waals surface area contributed by atoms with Crippen LogP contribution >= 0.6 is 0 Å². The molecule has 5 aromatic rings. The van der Waals surface area contributed by atoms with Crippen LogP contribution in [0.4, 0.5) is 0 Å². The van der Waals surface area contributed by atoms with Gasteiger partial charge >= 0.3 is 0 Å². The minimum atomic E-state index is -0.0818. The lowest BCUT2D eigenvalue weighted by atomic mass is 9.62. The van der Waals surface area contributed by atoms with Crippen molar-refractivity contribution in [3.05, 3.63) is 96.3 Å². The Morgan fingerprint density at radius 1 is 0.771 bits per heavy atom. The van der Waals surface area contributed by atoms with Crippen molar-refractivity contribution in [2.75, 3.05) is 0 Å². The van der Waals surface area contributed by atoms with Crippen LogP contribution < -0.4 is 4.57 Å². The second-order valence-electron chi connectivity index (χ2n) is 10.8. The fourth-order valence-electron chi connectivity index (χ4n) is 6.51. The summed E-state index contributed by atoms with van der Waals surface area (Å²) in [5.74, 6) is 0. The van der Waals surface area contributed by atoms with E-state index in [1.807, 2.05) is 0 Å². The maximum Gasteiger partial charge on any atom is 0.287 e. The fraction of sp³-hybridized carbons (Fsp3) is 0.273. The van der Waals surface area contributed by atoms with Crippen LogP contribution in [-0.2, 0) is 11.0 Å². The summed E-state index contributed by atoms with van der Waals surface area (Å²) in [4.78, 5) is 5.17. The van der Waals surface area contributed by atoms with Crippen molar-refractivity contribution in [3.8, 4) is 22.5 Å². The standard InChI is InChI=1S/C33H33N2/c1-6-20-33(5)32(3,4)28-19-18-24-13-8-10-16-26(24)29(28)31-22(2)30(34-21-35(31)33)27-17-11-14-23-12-7-9-15-25(23)27/h7-19,21H,6,20H2,1-5H3/q+1. The second kappa shape index (κ2) is 7.75. The molecule has 0 spiro atoms. The lowest BCUT2D eigenvalue weighted by Gasteiger charge is -2.48. The number of nitrogens with zero attached hydrogens (tertiary/aromatic N) is 2. The molecule has 2 heterocycles. The van der Waals surface area contributed by atoms with Crippen molar-refractivity contribution in [1.82, 2.24) is 4.98 Å². The Hall–Kier alpha value is -3.52. The molecule has 0 N–H and O–H groups in total. The molecule has 0 aliphatic carbocycles. The van der Waals surface area contributed by atoms with Crippen molar-refractivity contribution in [2.24, 2.45) is 0 Å². The molecule has 1 atom stereocenters. The zero-order valence-corrected chi connectivity index (χ0v) is 21.4. The molecule has 2 nitrogen and oxygen atoms in total. The van der Waals surface area contributed by atoms with E-state index in [0.29, 0.717) is 0 Å². The highest BCUT2D eigenvalue weighted by molar-refractivity contribution is 6.01. The highest BCUT2D eigenvalue weighted by Gasteiger charge is 2.53. The zero-order chi connectivity index (χ0) is 24.4. The molecule has 1 unspecified atom stereocenters. The van der Waals surface area contributed by atoms with E-state index in [-0.39, 0.29) is 11.0 Å². The smallest absolute Gasteiger partial charge is 0.223 e. The number of benzene rings is 4. The average molecular weight is 458 g/mol. The van der Waals surface area contributed by atoms with E-state index in [4.69, 9.17) is 4.98 Å². The van der Waals surface area contributed by atoms with Gasteiger partial charge in [0.2, 0.25) is 0 Å². The molecule has 35 heavy (non-hydrogen) atoms. The van der Waals surface area contributed by atoms with E-state index in [9.17, 15) is 0 Å². The van der Waals surface area contributed by atoms with Gasteiger partial charge in [-0.05, 0) is 58.4 Å². The Balaban J connectivity index is 1.76. The summed E-state index contributed by atoms with van der Waals surface area (Å²) in [5.41, 5.74) is 7.51. The Labute approximate surface area is 208 Å². The molecular formula is C33H33N2+. The van der Waals surface area contributed by atoms with Crippen LogP contribution in [0.25, 0.3) is 44.1 Å². The Kier molecular flexibility index (Phi) is 4.86. The van der Waals surface area contributed by atoms with E-state index in [1.165, 1.54) is 49.5 Å². The van der Waals surface area contributed by atoms with Crippen molar-refractivity contribution < 1.29 is 4.57 Å². The van der Waals surface area contributed by atoms with Gasteiger partial charge in [-0.2, -0.15) is 0 Å². The molecule has 0 bridgehead atoms. The highest BCUT2D eigenvalue weighted by atomic mass is 15.1. The molecule has 1 aromatic heterocycles. The van der Waals surface area contributed by atoms with E-state index >= 15 is 0 Å². The van der Waals surface area contributed by atoms with Crippen molar-refractivity contribution in [1.29, 1.82) is 0 Å². The predicted molar refractivity (Wildman–Crippen MR) is 147 cm³/mol. The van der Waals surface area contributed by atoms with Crippen LogP contribution in [0, 0.1) is 6.92 Å². The number of hydrogen-bond acceptors (Lipinski definition) is 1. The molecule has 174 valence electrons. The quantitative estimate of drug-likeness (QED) is 0.250. The zero-order valence-electron chi connectivity index (χ0n) is 21.4. The van der Waals surface area contributed by atoms with Crippen LogP contribution in [0.1, 0.15) is 51.7 Å². The minimum absolute atomic E-state index is 0.0465. The third-order valence-electron chi connectivity index (χ3n) is 8.75. The summed E-state index contributed by atoms with van der Waals surface area (Å²) < 4.78 is 2.51. The van der Waals surface area contributed by atoms with Gasteiger partial charge in [0.25, 0.3) is 6.33 Å². The molecule has 1 aliphatic heterocycles. The lowest BCUT2D eigenvalue weighted by molar-refractivity contribution is -0.767. The lowest BCUT2D eigenvalue weighted by Crippen LogP contribution is -2.67. The average Bonchev–Trinajstić information content (AvgIpc) is 2.87. The highest BCUT2D eigenvalue weighted by Crippen LogP contribution is 2.51. The van der Waals surface area contributed by atoms with Gasteiger partial charge in [-0.25, -0.2) is 4.57 Å². The first-order valence-corrected chi connectivity index (χ1v) is 12.8. The van der Waals surface area contributed by atoms with Crippen LogP contribution in [0.2, 0.25) is 0 Å². The minimum Gasteiger partial charge on any atom is -0.223 e. The Morgan fingerprint density at radius 2 is 1.43 bits per heavy atom. The second-order valence-corrected chi connectivity index (χ2v) is 10.8. The van der Waals surface area contributed by atoms with E-state index < -0.39 is 0 Å². The van der Waals surface area contributed by atoms with Gasteiger partial charge in [-0.3, -0.25) is 0 Å². The normalized spacial score (nSPS) is 18.4. The van der Waals surface area contributed by atoms with E-state index in [0.717, 1.165) is 18.5 Å². The fourth-order valence-corrected chi connectivity index (χ4v) is 6.51. The van der Waals surface area contributed by atoms with E-state index in [2.05, 4.69) is 124 Å². The molecule has 0 fully saturated rings. The topological polar surface area (TPSA) is 16.8 Å². The van der Waals surface area contributed by atoms with Gasteiger partial charge in [0.15, 0.2) is 5.69 Å². The third-order valence-corrected chi connectivity index (χ3v) is 8.75. The van der Waals surface area contributed by atoms with Crippen molar-refractivity contribution in [2.45, 2.75) is 58.4 Å². The Morgan fingerprint density at radius 3 is 2.17 bits per heavy atom. The Bertz CT molecular complexity index is 1610. The maximum absolute atomic E-state index is 5.17. The SMILES string of the molecule is CCCC1(C)[n+]2cnc(-c3cccc4ccccc34)c(C)c2-c2c(ccc3ccccc23)C1(C)C. The van der Waals surface area contributed by atoms with Gasteiger partial charge in [-0.1, -0.05) is 100.0 Å². The molecule has 0 radical (unpaired) electrons. The van der Waals surface area contributed by atoms with Crippen molar-refractivity contribution >= 4 is 21.5 Å². The predicted octanol–water partition coefficient (Wildman–Crippen LogP) is 8.12. The van der Waals surface area contributed by atoms with E-state index in [1.54, 1.807) is 0 Å². The summed E-state index contributed by atoms with van der Waals surface area (Å²) in [6.07, 6.45) is 4.35. The molecule has 0 amide bonds. The monoisotopic (exact) mass is 457 g/mol. The summed E-state index contributed by atoms with van der Waals surface area (Å²) in [7, 11) is 0. The summed E-state index contributed by atoms with van der Waals surface area (Å²) in [6, 6.07) is 28.7. The number of aromatic nitrogens is 2. The number of rotatable bonds is 3. The van der Waals surface area contributed by atoms with Gasteiger partial charge < -0.3 is 0 Å². The van der Waals surface area contributed by atoms with Gasteiger partial charge in [0, 0.05) is 22.1 Å². The molecule has 4 aromatic carbocycles. The van der Waals surface area contributed by atoms with Crippen molar-refractivity contribution in [3.63, 3.8) is 0 Å². The van der Waals surface area contributed by atoms with Gasteiger partial charge in [0.05, 0.1) is 0 Å². The molecular weight excluding hydrogens is 424 g/mol. The number of hydrogen-bond donors (Lipinski definition) is 0.